The number of hydrazine groups is 1. The van der Waals surface area contributed by atoms with Crippen LogP contribution in [0.4, 0.5) is 9.59 Å². The van der Waals surface area contributed by atoms with Crippen molar-refractivity contribution in [2.24, 2.45) is 16.6 Å². The minimum absolute atomic E-state index is 0.0282. The van der Waals surface area contributed by atoms with E-state index in [0.717, 1.165) is 11.1 Å². The highest BCUT2D eigenvalue weighted by Gasteiger charge is 2.29. The first-order valence-electron chi connectivity index (χ1n) is 26.6. The van der Waals surface area contributed by atoms with Crippen LogP contribution in [0.5, 0.6) is 0 Å². The Morgan fingerprint density at radius 3 is 1.81 bits per heavy atom. The number of carbonyl (C=O) groups is 10. The highest BCUT2D eigenvalue weighted by atomic mass is 16.7. The van der Waals surface area contributed by atoms with E-state index in [1.807, 2.05) is 60.7 Å². The number of hydrogen-bond acceptors (Lipinski definition) is 18. The van der Waals surface area contributed by atoms with Crippen LogP contribution in [0.25, 0.3) is 0 Å². The number of nitro groups is 1. The Kier molecular flexibility index (Phi) is 31.1. The Morgan fingerprint density at radius 2 is 1.21 bits per heavy atom. The molecule has 6 amide bonds. The topological polar surface area (TPSA) is 383 Å². The number of nitrogens with zero attached hydrogens (tertiary/aromatic N) is 2. The molecular formula is C54H80N10O17. The van der Waals surface area contributed by atoms with Gasteiger partial charge in [0.1, 0.15) is 55.4 Å². The fraction of sp³-hybridized carbons (Fsp3) is 0.574. The van der Waals surface area contributed by atoms with E-state index >= 15 is 0 Å². The van der Waals surface area contributed by atoms with Crippen molar-refractivity contribution in [1.29, 1.82) is 0 Å². The Hall–Kier alpha value is -8.39. The van der Waals surface area contributed by atoms with Crippen LogP contribution in [0.1, 0.15) is 131 Å². The molecule has 0 aliphatic rings. The minimum atomic E-state index is -1.30. The third kappa shape index (κ3) is 33.0. The van der Waals surface area contributed by atoms with E-state index in [0.29, 0.717) is 25.8 Å². The zero-order valence-corrected chi connectivity index (χ0v) is 47.3. The number of carbonyl (C=O) groups excluding carboxylic acids is 10. The molecule has 0 saturated heterocycles. The SMILES string of the molecule is C[C@H](CC(=O)N[C@@H](C)CC(=O)N[C@@H](C)CC(=O)C[C@@H](CCCCNC(=O)OCc1ccccc1)C(=O)OCc1ccccc1)OC(=O)C[C@@H](C)OC(=O)[C@H](C)NC(=O)[C@H](CCCN=C(N)N[N+](=O)[O-])NC(=O)CNC(=O)OC(C)(C)C. The minimum Gasteiger partial charge on any atom is -0.462 e. The number of ketones is 1. The highest BCUT2D eigenvalue weighted by molar-refractivity contribution is 5.92. The number of nitrogens with two attached hydrogens (primary N) is 1. The number of benzene rings is 2. The summed E-state index contributed by atoms with van der Waals surface area (Å²) >= 11 is 0. The quantitative estimate of drug-likeness (QED) is 0.00934. The Bertz CT molecular complexity index is 2420. The fourth-order valence-corrected chi connectivity index (χ4v) is 7.51. The molecule has 7 atom stereocenters. The van der Waals surface area contributed by atoms with Gasteiger partial charge < -0.3 is 61.3 Å². The lowest BCUT2D eigenvalue weighted by Gasteiger charge is -2.22. The summed E-state index contributed by atoms with van der Waals surface area (Å²) in [6, 6.07) is 14.5. The molecule has 0 bridgehead atoms. The molecule has 0 unspecified atom stereocenters. The molecule has 0 spiro atoms. The molecule has 27 heteroatoms. The number of amides is 6. The van der Waals surface area contributed by atoms with Crippen LogP contribution in [0, 0.1) is 16.0 Å². The van der Waals surface area contributed by atoms with Crippen LogP contribution >= 0.6 is 0 Å². The van der Waals surface area contributed by atoms with Gasteiger partial charge in [-0.15, -0.1) is 0 Å². The van der Waals surface area contributed by atoms with Gasteiger partial charge in [-0.2, -0.15) is 0 Å². The third-order valence-electron chi connectivity index (χ3n) is 11.2. The fourth-order valence-electron chi connectivity index (χ4n) is 7.51. The van der Waals surface area contributed by atoms with E-state index < -0.39 is 126 Å². The highest BCUT2D eigenvalue weighted by Crippen LogP contribution is 2.19. The molecule has 0 aliphatic carbocycles. The molecule has 2 rings (SSSR count). The number of nitrogens with one attached hydrogen (secondary N) is 7. The van der Waals surface area contributed by atoms with Crippen molar-refractivity contribution in [2.45, 2.75) is 175 Å². The second-order valence-corrected chi connectivity index (χ2v) is 20.3. The van der Waals surface area contributed by atoms with E-state index in [2.05, 4.69) is 36.9 Å². The smallest absolute Gasteiger partial charge is 0.408 e. The van der Waals surface area contributed by atoms with Gasteiger partial charge >= 0.3 is 30.1 Å². The van der Waals surface area contributed by atoms with E-state index in [9.17, 15) is 58.1 Å². The number of hydrogen-bond donors (Lipinski definition) is 8. The van der Waals surface area contributed by atoms with E-state index in [-0.39, 0.29) is 64.1 Å². The number of alkyl carbamates (subject to hydrolysis) is 2. The summed E-state index contributed by atoms with van der Waals surface area (Å²) in [5, 5.41) is 24.9. The molecule has 27 nitrogen and oxygen atoms in total. The van der Waals surface area contributed by atoms with Crippen LogP contribution in [-0.2, 0) is 75.3 Å². The molecule has 0 aromatic heterocycles. The first-order chi connectivity index (χ1) is 38.2. The van der Waals surface area contributed by atoms with Gasteiger partial charge in [0.05, 0.1) is 18.8 Å². The zero-order chi connectivity index (χ0) is 60.5. The van der Waals surface area contributed by atoms with Crippen molar-refractivity contribution in [3.63, 3.8) is 0 Å². The van der Waals surface area contributed by atoms with E-state index in [1.165, 1.54) is 20.8 Å². The van der Waals surface area contributed by atoms with Crippen LogP contribution in [-0.4, -0.2) is 132 Å². The molecule has 81 heavy (non-hydrogen) atoms. The summed E-state index contributed by atoms with van der Waals surface area (Å²) in [6.45, 7) is 12.0. The summed E-state index contributed by atoms with van der Waals surface area (Å²) in [4.78, 5) is 143. The summed E-state index contributed by atoms with van der Waals surface area (Å²) in [5.41, 5.74) is 7.87. The van der Waals surface area contributed by atoms with Crippen LogP contribution in [0.3, 0.4) is 0 Å². The molecule has 0 aliphatic heterocycles. The molecular weight excluding hydrogens is 1060 g/mol. The van der Waals surface area contributed by atoms with Gasteiger partial charge in [-0.1, -0.05) is 72.5 Å². The Labute approximate surface area is 471 Å². The predicted molar refractivity (Wildman–Crippen MR) is 292 cm³/mol. The number of ether oxygens (including phenoxy) is 5. The molecule has 0 radical (unpaired) electrons. The van der Waals surface area contributed by atoms with Crippen LogP contribution in [0.2, 0.25) is 0 Å². The number of unbranched alkanes of at least 4 members (excludes halogenated alkanes) is 1. The molecule has 448 valence electrons. The van der Waals surface area contributed by atoms with Crippen molar-refractivity contribution >= 4 is 65.5 Å². The first-order valence-corrected chi connectivity index (χ1v) is 26.6. The normalized spacial score (nSPS) is 13.8. The van der Waals surface area contributed by atoms with Gasteiger partial charge in [0, 0.05) is 44.4 Å². The van der Waals surface area contributed by atoms with Crippen molar-refractivity contribution in [3.05, 3.63) is 81.9 Å². The number of aliphatic imine (C=N–C) groups is 1. The van der Waals surface area contributed by atoms with Crippen molar-refractivity contribution in [2.75, 3.05) is 19.6 Å². The largest absolute Gasteiger partial charge is 0.462 e. The summed E-state index contributed by atoms with van der Waals surface area (Å²) in [7, 11) is 0. The lowest BCUT2D eigenvalue weighted by atomic mass is 9.94. The molecule has 0 saturated carbocycles. The lowest BCUT2D eigenvalue weighted by molar-refractivity contribution is -0.525. The van der Waals surface area contributed by atoms with Crippen molar-refractivity contribution in [3.8, 4) is 0 Å². The summed E-state index contributed by atoms with van der Waals surface area (Å²) in [6.07, 6.45) is -3.20. The maximum atomic E-state index is 13.3. The average Bonchev–Trinajstić information content (AvgIpc) is 3.37. The van der Waals surface area contributed by atoms with Crippen molar-refractivity contribution in [1.82, 2.24) is 37.3 Å². The number of rotatable bonds is 35. The Balaban J connectivity index is 1.81. The summed E-state index contributed by atoms with van der Waals surface area (Å²) in [5.74, 6) is -6.46. The lowest BCUT2D eigenvalue weighted by Crippen LogP contribution is -2.53. The van der Waals surface area contributed by atoms with Crippen LogP contribution < -0.4 is 43.1 Å². The van der Waals surface area contributed by atoms with Gasteiger partial charge in [-0.05, 0) is 92.2 Å². The van der Waals surface area contributed by atoms with Gasteiger partial charge in [0.25, 0.3) is 5.96 Å². The zero-order valence-electron chi connectivity index (χ0n) is 47.3. The van der Waals surface area contributed by atoms with Gasteiger partial charge in [0.15, 0.2) is 5.03 Å². The number of guanidine groups is 1. The standard InChI is InChI=1S/C54H80N10O17/c1-34(26-42(65)30-41(50(72)77-32-39-18-11-9-12-19-39)22-15-16-24-57-52(73)78-33-40-20-13-10-14-21-40)59-44(66)27-35(2)60-45(67)28-36(3)79-47(69)29-37(4)80-49(71)38(5)61-48(70)43(23-17-25-56-51(55)63-64(75)76)62-46(68)31-58-53(74)81-54(6,7)8/h9-14,18-21,34-38,41,43H,15-17,22-33H2,1-8H3,(H,57,73)(H,58,74)(H,59,66)(H,60,67)(H,61,70)(H,62,68)(H3,55,56,63)/t34-,35-,36+,37+,38-,41+,43-/m0/s1. The van der Waals surface area contributed by atoms with Crippen LogP contribution in [0.15, 0.2) is 65.7 Å². The molecule has 2 aromatic rings. The Morgan fingerprint density at radius 1 is 0.630 bits per heavy atom. The summed E-state index contributed by atoms with van der Waals surface area (Å²) < 4.78 is 26.6. The first kappa shape index (κ1) is 68.7. The molecule has 2 aromatic carbocycles. The predicted octanol–water partition coefficient (Wildman–Crippen LogP) is 3.23. The van der Waals surface area contributed by atoms with E-state index in [1.54, 1.807) is 40.0 Å². The number of esters is 3. The van der Waals surface area contributed by atoms with Gasteiger partial charge in [0.2, 0.25) is 23.6 Å². The number of Topliss-reactive ketones (excluding diaryl/α,β-unsaturated/α-hetero) is 1. The molecule has 9 N–H and O–H groups in total. The molecule has 0 fully saturated rings. The van der Waals surface area contributed by atoms with Gasteiger partial charge in [-0.3, -0.25) is 33.6 Å². The molecule has 0 heterocycles. The maximum absolute atomic E-state index is 13.3. The maximum Gasteiger partial charge on any atom is 0.408 e. The average molecular weight is 1140 g/mol. The van der Waals surface area contributed by atoms with Crippen molar-refractivity contribution < 1.29 is 76.7 Å². The third-order valence-corrected chi connectivity index (χ3v) is 11.2. The second kappa shape index (κ2) is 36.7. The second-order valence-electron chi connectivity index (χ2n) is 20.3. The monoisotopic (exact) mass is 1140 g/mol. The van der Waals surface area contributed by atoms with Gasteiger partial charge in [-0.25, -0.2) is 29.5 Å². The van der Waals surface area contributed by atoms with E-state index in [4.69, 9.17) is 29.4 Å².